The summed E-state index contributed by atoms with van der Waals surface area (Å²) in [5, 5.41) is 20.1. The van der Waals surface area contributed by atoms with Crippen LogP contribution in [0.4, 0.5) is 17.5 Å². The van der Waals surface area contributed by atoms with Crippen molar-refractivity contribution in [1.82, 2.24) is 20.3 Å². The van der Waals surface area contributed by atoms with Gasteiger partial charge in [-0.3, -0.25) is 14.9 Å². The van der Waals surface area contributed by atoms with Crippen molar-refractivity contribution < 1.29 is 9.72 Å². The van der Waals surface area contributed by atoms with E-state index in [1.54, 1.807) is 24.4 Å². The maximum atomic E-state index is 12.7. The minimum atomic E-state index is -0.486. The van der Waals surface area contributed by atoms with E-state index in [9.17, 15) is 14.9 Å². The van der Waals surface area contributed by atoms with Gasteiger partial charge >= 0.3 is 0 Å². The van der Waals surface area contributed by atoms with Crippen LogP contribution in [0.3, 0.4) is 0 Å². The summed E-state index contributed by atoms with van der Waals surface area (Å²) in [6.07, 6.45) is 3.85. The molecular formula is C27H25N7O3. The number of anilines is 2. The van der Waals surface area contributed by atoms with Gasteiger partial charge in [-0.2, -0.15) is 0 Å². The van der Waals surface area contributed by atoms with E-state index >= 15 is 0 Å². The topological polar surface area (TPSA) is 135 Å². The number of carbonyl (C=O) groups is 1. The molecule has 1 aliphatic carbocycles. The molecule has 2 atom stereocenters. The first-order valence-electron chi connectivity index (χ1n) is 11.9. The van der Waals surface area contributed by atoms with Gasteiger partial charge in [-0.15, -0.1) is 0 Å². The number of pyridine rings is 1. The number of nitro groups is 1. The van der Waals surface area contributed by atoms with Gasteiger partial charge in [0.1, 0.15) is 12.0 Å². The predicted molar refractivity (Wildman–Crippen MR) is 140 cm³/mol. The smallest absolute Gasteiger partial charge is 0.287 e. The predicted octanol–water partition coefficient (Wildman–Crippen LogP) is 4.26. The molecule has 10 nitrogen and oxygen atoms in total. The van der Waals surface area contributed by atoms with Crippen LogP contribution in [0.2, 0.25) is 0 Å². The fraction of sp³-hybridized carbons (Fsp3) is 0.185. The number of benzene rings is 2. The fourth-order valence-corrected chi connectivity index (χ4v) is 4.04. The Morgan fingerprint density at radius 2 is 1.73 bits per heavy atom. The first-order valence-corrected chi connectivity index (χ1v) is 11.9. The minimum Gasteiger partial charge on any atom is -0.368 e. The van der Waals surface area contributed by atoms with E-state index in [-0.39, 0.29) is 17.6 Å². The van der Waals surface area contributed by atoms with Crippen LogP contribution in [0.1, 0.15) is 28.3 Å². The molecule has 2 aromatic heterocycles. The molecule has 2 aromatic carbocycles. The Morgan fingerprint density at radius 1 is 0.946 bits per heavy atom. The average Bonchev–Trinajstić information content (AvgIpc) is 3.71. The number of nitrogens with zero attached hydrogens (tertiary/aromatic N) is 4. The lowest BCUT2D eigenvalue weighted by atomic mass is 10.1. The number of nitrogens with one attached hydrogen (secondary N) is 3. The van der Waals surface area contributed by atoms with Crippen molar-refractivity contribution in [3.05, 3.63) is 106 Å². The Balaban J connectivity index is 1.11. The lowest BCUT2D eigenvalue weighted by Gasteiger charge is -2.09. The molecule has 0 bridgehead atoms. The molecule has 4 aromatic rings. The molecule has 0 spiro atoms. The second-order valence-corrected chi connectivity index (χ2v) is 8.69. The maximum absolute atomic E-state index is 12.7. The number of aromatic nitrogens is 3. The van der Waals surface area contributed by atoms with Crippen LogP contribution in [-0.2, 0) is 0 Å². The number of rotatable bonds is 10. The quantitative estimate of drug-likeness (QED) is 0.169. The lowest BCUT2D eigenvalue weighted by Crippen LogP contribution is -2.26. The minimum absolute atomic E-state index is 0.0536. The molecule has 10 heteroatoms. The van der Waals surface area contributed by atoms with Gasteiger partial charge in [-0.05, 0) is 36.2 Å². The average molecular weight is 496 g/mol. The van der Waals surface area contributed by atoms with Gasteiger partial charge in [0, 0.05) is 48.4 Å². The first-order chi connectivity index (χ1) is 18.1. The summed E-state index contributed by atoms with van der Waals surface area (Å²) in [5.74, 6) is 1.33. The van der Waals surface area contributed by atoms with Gasteiger partial charge in [-0.25, -0.2) is 15.0 Å². The van der Waals surface area contributed by atoms with Crippen molar-refractivity contribution in [2.45, 2.75) is 18.4 Å². The van der Waals surface area contributed by atoms with Crippen LogP contribution < -0.4 is 16.0 Å². The van der Waals surface area contributed by atoms with Crippen LogP contribution in [-0.4, -0.2) is 44.9 Å². The molecular weight excluding hydrogens is 470 g/mol. The van der Waals surface area contributed by atoms with Crippen molar-refractivity contribution in [2.75, 3.05) is 23.7 Å². The van der Waals surface area contributed by atoms with Gasteiger partial charge in [0.25, 0.3) is 11.6 Å². The summed E-state index contributed by atoms with van der Waals surface area (Å²) in [6.45, 7) is 1.04. The van der Waals surface area contributed by atoms with Crippen molar-refractivity contribution in [3.8, 4) is 11.3 Å². The van der Waals surface area contributed by atoms with Crippen molar-refractivity contribution >= 4 is 23.4 Å². The summed E-state index contributed by atoms with van der Waals surface area (Å²) >= 11 is 0. The summed E-state index contributed by atoms with van der Waals surface area (Å²) in [7, 11) is 0. The lowest BCUT2D eigenvalue weighted by molar-refractivity contribution is -0.385. The normalized spacial score (nSPS) is 16.0. The molecule has 0 aliphatic heterocycles. The summed E-state index contributed by atoms with van der Waals surface area (Å²) in [6, 6.07) is 22.6. The Hall–Kier alpha value is -4.86. The van der Waals surface area contributed by atoms with Gasteiger partial charge in [-0.1, -0.05) is 42.5 Å². The van der Waals surface area contributed by atoms with E-state index in [4.69, 9.17) is 0 Å². The number of carbonyl (C=O) groups excluding carboxylic acids is 1. The highest BCUT2D eigenvalue weighted by molar-refractivity contribution is 5.95. The van der Waals surface area contributed by atoms with E-state index in [1.807, 2.05) is 36.4 Å². The van der Waals surface area contributed by atoms with Gasteiger partial charge in [0.15, 0.2) is 0 Å². The van der Waals surface area contributed by atoms with Crippen LogP contribution in [0.5, 0.6) is 0 Å². The van der Waals surface area contributed by atoms with Crippen molar-refractivity contribution in [3.63, 3.8) is 0 Å². The monoisotopic (exact) mass is 495 g/mol. The molecule has 2 unspecified atom stereocenters. The third-order valence-electron chi connectivity index (χ3n) is 6.11. The third kappa shape index (κ3) is 6.04. The first kappa shape index (κ1) is 23.9. The molecule has 0 saturated heterocycles. The zero-order valence-corrected chi connectivity index (χ0v) is 19.9. The molecule has 1 fully saturated rings. The molecule has 1 saturated carbocycles. The highest BCUT2D eigenvalue weighted by Gasteiger charge is 2.39. The van der Waals surface area contributed by atoms with E-state index in [1.165, 1.54) is 17.8 Å². The largest absolute Gasteiger partial charge is 0.368 e. The molecule has 0 radical (unpaired) electrons. The Bertz CT molecular complexity index is 1380. The Morgan fingerprint density at radius 3 is 2.46 bits per heavy atom. The van der Waals surface area contributed by atoms with Gasteiger partial charge < -0.3 is 16.0 Å². The van der Waals surface area contributed by atoms with Crippen LogP contribution in [0, 0.1) is 10.1 Å². The summed E-state index contributed by atoms with van der Waals surface area (Å²) < 4.78 is 0. The zero-order chi connectivity index (χ0) is 25.6. The SMILES string of the molecule is O=C(NC1CC1c1ccccc1)c1ccc(-c2ccnc(NCCNc3ccc([N+](=O)[O-])cn3)n2)cc1. The molecule has 3 N–H and O–H groups in total. The summed E-state index contributed by atoms with van der Waals surface area (Å²) in [5.41, 5.74) is 3.43. The second-order valence-electron chi connectivity index (χ2n) is 8.69. The molecule has 37 heavy (non-hydrogen) atoms. The second kappa shape index (κ2) is 10.8. The number of hydrogen-bond donors (Lipinski definition) is 3. The molecule has 2 heterocycles. The van der Waals surface area contributed by atoms with E-state index in [0.29, 0.717) is 36.3 Å². The molecule has 186 valence electrons. The van der Waals surface area contributed by atoms with Gasteiger partial charge in [0.2, 0.25) is 5.95 Å². The van der Waals surface area contributed by atoms with Crippen LogP contribution >= 0.6 is 0 Å². The fourth-order valence-electron chi connectivity index (χ4n) is 4.04. The number of amides is 1. The third-order valence-corrected chi connectivity index (χ3v) is 6.11. The number of hydrogen-bond acceptors (Lipinski definition) is 8. The van der Waals surface area contributed by atoms with E-state index in [2.05, 4.69) is 43.0 Å². The highest BCUT2D eigenvalue weighted by atomic mass is 16.6. The van der Waals surface area contributed by atoms with Crippen molar-refractivity contribution in [1.29, 1.82) is 0 Å². The molecule has 5 rings (SSSR count). The van der Waals surface area contributed by atoms with Gasteiger partial charge in [0.05, 0.1) is 10.6 Å². The summed E-state index contributed by atoms with van der Waals surface area (Å²) in [4.78, 5) is 35.7. The zero-order valence-electron chi connectivity index (χ0n) is 19.9. The van der Waals surface area contributed by atoms with Crippen LogP contribution in [0.25, 0.3) is 11.3 Å². The Kier molecular flexibility index (Phi) is 6.98. The van der Waals surface area contributed by atoms with Crippen LogP contribution in [0.15, 0.2) is 85.2 Å². The Labute approximate surface area is 213 Å². The molecule has 1 aliphatic rings. The van der Waals surface area contributed by atoms with E-state index < -0.39 is 4.92 Å². The highest BCUT2D eigenvalue weighted by Crippen LogP contribution is 2.40. The standard InChI is InChI=1S/C27H25N7O3/c35-26(32-24-16-22(24)18-4-2-1-3-5-18)20-8-6-19(7-9-20)23-12-13-29-27(33-23)30-15-14-28-25-11-10-21(17-31-25)34(36)37/h1-13,17,22,24H,14-16H2,(H,28,31)(H,32,35)(H,29,30,33). The van der Waals surface area contributed by atoms with Crippen molar-refractivity contribution in [2.24, 2.45) is 0 Å². The van der Waals surface area contributed by atoms with E-state index in [0.717, 1.165) is 17.7 Å². The molecule has 1 amide bonds. The maximum Gasteiger partial charge on any atom is 0.287 e.